The Morgan fingerprint density at radius 3 is 2.48 bits per heavy atom. The van der Waals surface area contributed by atoms with Crippen molar-refractivity contribution in [2.75, 3.05) is 11.9 Å². The Kier molecular flexibility index (Phi) is 5.15. The van der Waals surface area contributed by atoms with Crippen LogP contribution in [0.25, 0.3) is 0 Å². The molecule has 4 nitrogen and oxygen atoms in total. The molecule has 0 aliphatic rings. The Morgan fingerprint density at radius 2 is 1.90 bits per heavy atom. The minimum Gasteiger partial charge on any atom is -0.368 e. The highest BCUT2D eigenvalue weighted by atomic mass is 35.5. The summed E-state index contributed by atoms with van der Waals surface area (Å²) in [6.07, 6.45) is 1.86. The van der Waals surface area contributed by atoms with Crippen LogP contribution in [0.4, 0.5) is 5.69 Å². The first-order valence-corrected chi connectivity index (χ1v) is 7.40. The molecule has 0 unspecified atom stereocenters. The maximum atomic E-state index is 5.91. The van der Waals surface area contributed by atoms with Crippen LogP contribution in [0.15, 0.2) is 30.5 Å². The molecule has 0 amide bonds. The van der Waals surface area contributed by atoms with Crippen molar-refractivity contribution in [3.05, 3.63) is 52.6 Å². The number of hydrogen-bond donors (Lipinski definition) is 1. The lowest BCUT2D eigenvalue weighted by atomic mass is 10.2. The minimum atomic E-state index is 0.297. The molecule has 0 saturated carbocycles. The number of benzene rings is 1. The maximum Gasteiger partial charge on any atom is 0.131 e. The van der Waals surface area contributed by atoms with Crippen LogP contribution in [0, 0.1) is 0 Å². The summed E-state index contributed by atoms with van der Waals surface area (Å²) in [7, 11) is 2.02. The number of hydrogen-bond acceptors (Lipinski definition) is 4. The zero-order valence-electron chi connectivity index (χ0n) is 12.7. The summed E-state index contributed by atoms with van der Waals surface area (Å²) in [5.41, 5.74) is 8.86. The fourth-order valence-corrected chi connectivity index (χ4v) is 2.25. The lowest BCUT2D eigenvalue weighted by molar-refractivity contribution is 0.748. The van der Waals surface area contributed by atoms with Crippen LogP contribution in [-0.4, -0.2) is 17.0 Å². The number of anilines is 1. The Bertz CT molecular complexity index is 596. The van der Waals surface area contributed by atoms with E-state index < -0.39 is 0 Å². The van der Waals surface area contributed by atoms with Crippen molar-refractivity contribution in [2.45, 2.75) is 32.9 Å². The summed E-state index contributed by atoms with van der Waals surface area (Å²) in [4.78, 5) is 11.1. The Hall–Kier alpha value is -1.65. The molecule has 5 heteroatoms. The standard InChI is InChI=1S/C16H21ClN4/c1-11(2)16-19-9-15(14(8-18)20-16)21(3)10-12-4-6-13(17)7-5-12/h4-7,9,11H,8,10,18H2,1-3H3. The summed E-state index contributed by atoms with van der Waals surface area (Å²) >= 11 is 5.91. The number of aromatic nitrogens is 2. The fourth-order valence-electron chi connectivity index (χ4n) is 2.12. The number of nitrogens with zero attached hydrogens (tertiary/aromatic N) is 3. The maximum absolute atomic E-state index is 5.91. The van der Waals surface area contributed by atoms with Gasteiger partial charge >= 0.3 is 0 Å². The van der Waals surface area contributed by atoms with E-state index >= 15 is 0 Å². The molecule has 1 aromatic carbocycles. The van der Waals surface area contributed by atoms with Gasteiger partial charge in [0.2, 0.25) is 0 Å². The van der Waals surface area contributed by atoms with E-state index in [1.54, 1.807) is 0 Å². The average molecular weight is 305 g/mol. The number of halogens is 1. The van der Waals surface area contributed by atoms with Gasteiger partial charge in [0.25, 0.3) is 0 Å². The van der Waals surface area contributed by atoms with Gasteiger partial charge < -0.3 is 10.6 Å². The van der Waals surface area contributed by atoms with Crippen molar-refractivity contribution in [2.24, 2.45) is 5.73 Å². The molecular formula is C16H21ClN4. The summed E-state index contributed by atoms with van der Waals surface area (Å²) in [5, 5.41) is 0.744. The third-order valence-electron chi connectivity index (χ3n) is 3.32. The molecule has 2 rings (SSSR count). The van der Waals surface area contributed by atoms with Crippen LogP contribution in [0.5, 0.6) is 0 Å². The molecule has 0 bridgehead atoms. The zero-order valence-corrected chi connectivity index (χ0v) is 13.4. The summed E-state index contributed by atoms with van der Waals surface area (Å²) in [5.74, 6) is 1.13. The van der Waals surface area contributed by atoms with Crippen molar-refractivity contribution < 1.29 is 0 Å². The van der Waals surface area contributed by atoms with Crippen molar-refractivity contribution in [3.8, 4) is 0 Å². The predicted molar refractivity (Wildman–Crippen MR) is 87.6 cm³/mol. The van der Waals surface area contributed by atoms with Gasteiger partial charge in [-0.2, -0.15) is 0 Å². The molecule has 0 saturated heterocycles. The largest absolute Gasteiger partial charge is 0.368 e. The SMILES string of the molecule is CC(C)c1ncc(N(C)Cc2ccc(Cl)cc2)c(CN)n1. The normalized spacial score (nSPS) is 11.0. The highest BCUT2D eigenvalue weighted by Crippen LogP contribution is 2.21. The predicted octanol–water partition coefficient (Wildman–Crippen LogP) is 3.35. The molecule has 0 spiro atoms. The van der Waals surface area contributed by atoms with Crippen molar-refractivity contribution in [3.63, 3.8) is 0 Å². The number of rotatable bonds is 5. The number of nitrogens with two attached hydrogens (primary N) is 1. The zero-order chi connectivity index (χ0) is 15.4. The lowest BCUT2D eigenvalue weighted by Gasteiger charge is -2.22. The Balaban J connectivity index is 2.22. The minimum absolute atomic E-state index is 0.297. The van der Waals surface area contributed by atoms with E-state index in [4.69, 9.17) is 17.3 Å². The van der Waals surface area contributed by atoms with E-state index in [1.807, 2.05) is 37.5 Å². The van der Waals surface area contributed by atoms with Gasteiger partial charge in [-0.25, -0.2) is 9.97 Å². The average Bonchev–Trinajstić information content (AvgIpc) is 2.48. The van der Waals surface area contributed by atoms with Gasteiger partial charge in [0.05, 0.1) is 17.6 Å². The summed E-state index contributed by atoms with van der Waals surface area (Å²) < 4.78 is 0. The molecule has 112 valence electrons. The van der Waals surface area contributed by atoms with Gasteiger partial charge in [0.15, 0.2) is 0 Å². The molecule has 1 heterocycles. The summed E-state index contributed by atoms with van der Waals surface area (Å²) in [6.45, 7) is 5.32. The van der Waals surface area contributed by atoms with Crippen LogP contribution < -0.4 is 10.6 Å². The van der Waals surface area contributed by atoms with E-state index in [9.17, 15) is 0 Å². The highest BCUT2D eigenvalue weighted by molar-refractivity contribution is 6.30. The van der Waals surface area contributed by atoms with Crippen LogP contribution >= 0.6 is 11.6 Å². The smallest absolute Gasteiger partial charge is 0.131 e. The van der Waals surface area contributed by atoms with E-state index in [-0.39, 0.29) is 0 Å². The lowest BCUT2D eigenvalue weighted by Crippen LogP contribution is -2.21. The van der Waals surface area contributed by atoms with E-state index in [0.717, 1.165) is 28.8 Å². The third kappa shape index (κ3) is 3.93. The first-order valence-electron chi connectivity index (χ1n) is 7.02. The molecule has 0 fully saturated rings. The van der Waals surface area contributed by atoms with Crippen molar-refractivity contribution in [1.82, 2.24) is 9.97 Å². The molecule has 0 radical (unpaired) electrons. The molecule has 0 atom stereocenters. The fraction of sp³-hybridized carbons (Fsp3) is 0.375. The second-order valence-corrected chi connectivity index (χ2v) is 5.84. The van der Waals surface area contributed by atoms with Crippen molar-refractivity contribution >= 4 is 17.3 Å². The second-order valence-electron chi connectivity index (χ2n) is 5.40. The van der Waals surface area contributed by atoms with Crippen LogP contribution in [-0.2, 0) is 13.1 Å². The molecule has 21 heavy (non-hydrogen) atoms. The van der Waals surface area contributed by atoms with Gasteiger partial charge in [-0.1, -0.05) is 37.6 Å². The van der Waals surface area contributed by atoms with E-state index in [0.29, 0.717) is 12.5 Å². The van der Waals surface area contributed by atoms with Crippen LogP contribution in [0.2, 0.25) is 5.02 Å². The van der Waals surface area contributed by atoms with Gasteiger partial charge in [0.1, 0.15) is 5.82 Å². The molecule has 2 aromatic rings. The van der Waals surface area contributed by atoms with Crippen LogP contribution in [0.1, 0.15) is 36.8 Å². The molecule has 0 aliphatic heterocycles. The topological polar surface area (TPSA) is 55.0 Å². The van der Waals surface area contributed by atoms with Gasteiger partial charge in [-0.15, -0.1) is 0 Å². The van der Waals surface area contributed by atoms with Crippen LogP contribution in [0.3, 0.4) is 0 Å². The first-order chi connectivity index (χ1) is 10.0. The van der Waals surface area contributed by atoms with E-state index in [2.05, 4.69) is 28.7 Å². The van der Waals surface area contributed by atoms with E-state index in [1.165, 1.54) is 5.56 Å². The Morgan fingerprint density at radius 1 is 1.24 bits per heavy atom. The van der Waals surface area contributed by atoms with Crippen molar-refractivity contribution in [1.29, 1.82) is 0 Å². The quantitative estimate of drug-likeness (QED) is 0.920. The van der Waals surface area contributed by atoms with Gasteiger partial charge in [-0.3, -0.25) is 0 Å². The first kappa shape index (κ1) is 15.7. The molecule has 1 aromatic heterocycles. The summed E-state index contributed by atoms with van der Waals surface area (Å²) in [6, 6.07) is 7.83. The molecule has 0 aliphatic carbocycles. The Labute approximate surface area is 131 Å². The highest BCUT2D eigenvalue weighted by Gasteiger charge is 2.12. The monoisotopic (exact) mass is 304 g/mol. The molecule has 2 N–H and O–H groups in total. The third-order valence-corrected chi connectivity index (χ3v) is 3.57. The molecular weight excluding hydrogens is 284 g/mol. The van der Waals surface area contributed by atoms with Gasteiger partial charge in [-0.05, 0) is 17.7 Å². The second kappa shape index (κ2) is 6.87. The van der Waals surface area contributed by atoms with Gasteiger partial charge in [0, 0.05) is 31.1 Å².